The van der Waals surface area contributed by atoms with E-state index in [9.17, 15) is 4.79 Å². The standard InChI is InChI=1S/C24H28N4O4/c1-30-21-9-7-17(15-22(21)31-2)11-12-25-24(29)18-5-3-13-28(16-18)23-10-8-19(26-27-23)20-6-4-14-32-20/h4,6-10,14-15,18H,3,5,11-13,16H2,1-2H3,(H,25,29)/t18-/m0/s1. The highest BCUT2D eigenvalue weighted by Gasteiger charge is 2.26. The molecule has 8 heteroatoms. The largest absolute Gasteiger partial charge is 0.493 e. The van der Waals surface area contributed by atoms with Crippen LogP contribution in [0.4, 0.5) is 5.82 Å². The summed E-state index contributed by atoms with van der Waals surface area (Å²) in [6.45, 7) is 2.07. The minimum Gasteiger partial charge on any atom is -0.493 e. The summed E-state index contributed by atoms with van der Waals surface area (Å²) >= 11 is 0. The fourth-order valence-electron chi connectivity index (χ4n) is 3.96. The highest BCUT2D eigenvalue weighted by molar-refractivity contribution is 5.79. The number of hydrogen-bond acceptors (Lipinski definition) is 7. The molecule has 0 spiro atoms. The molecule has 1 atom stereocenters. The molecule has 1 fully saturated rings. The third-order valence-electron chi connectivity index (χ3n) is 5.70. The van der Waals surface area contributed by atoms with Crippen LogP contribution < -0.4 is 19.7 Å². The Balaban J connectivity index is 1.30. The van der Waals surface area contributed by atoms with Crippen molar-refractivity contribution in [2.75, 3.05) is 38.8 Å². The first-order valence-corrected chi connectivity index (χ1v) is 10.8. The molecule has 0 bridgehead atoms. The number of carbonyl (C=O) groups is 1. The smallest absolute Gasteiger partial charge is 0.224 e. The van der Waals surface area contributed by atoms with Gasteiger partial charge in [0.15, 0.2) is 23.1 Å². The summed E-state index contributed by atoms with van der Waals surface area (Å²) in [7, 11) is 3.23. The molecule has 0 aliphatic carbocycles. The molecule has 1 aliphatic rings. The van der Waals surface area contributed by atoms with E-state index in [0.29, 0.717) is 36.0 Å². The highest BCUT2D eigenvalue weighted by Crippen LogP contribution is 2.28. The van der Waals surface area contributed by atoms with Gasteiger partial charge in [0.2, 0.25) is 5.91 Å². The lowest BCUT2D eigenvalue weighted by Gasteiger charge is -2.32. The van der Waals surface area contributed by atoms with Gasteiger partial charge in [-0.1, -0.05) is 6.07 Å². The quantitative estimate of drug-likeness (QED) is 0.579. The van der Waals surface area contributed by atoms with Crippen LogP contribution >= 0.6 is 0 Å². The number of furan rings is 1. The van der Waals surface area contributed by atoms with Crippen LogP contribution in [0.3, 0.4) is 0 Å². The molecule has 0 saturated carbocycles. The fraction of sp³-hybridized carbons (Fsp3) is 0.375. The number of aromatic nitrogens is 2. The first kappa shape index (κ1) is 21.7. The molecule has 1 amide bonds. The van der Waals surface area contributed by atoms with E-state index in [2.05, 4.69) is 20.4 Å². The van der Waals surface area contributed by atoms with Gasteiger partial charge in [-0.25, -0.2) is 0 Å². The number of piperidine rings is 1. The summed E-state index contributed by atoms with van der Waals surface area (Å²) in [6.07, 6.45) is 4.15. The zero-order valence-corrected chi connectivity index (χ0v) is 18.4. The normalized spacial score (nSPS) is 15.9. The number of methoxy groups -OCH3 is 2. The average Bonchev–Trinajstić information content (AvgIpc) is 3.39. The van der Waals surface area contributed by atoms with E-state index in [1.54, 1.807) is 20.5 Å². The molecule has 3 aromatic rings. The SMILES string of the molecule is COc1ccc(CCNC(=O)[C@H]2CCCN(c3ccc(-c4ccco4)nn3)C2)cc1OC. The molecule has 2 aromatic heterocycles. The van der Waals surface area contributed by atoms with Crippen LogP contribution in [-0.4, -0.2) is 50.0 Å². The van der Waals surface area contributed by atoms with E-state index >= 15 is 0 Å². The van der Waals surface area contributed by atoms with Crippen molar-refractivity contribution in [3.05, 3.63) is 54.3 Å². The zero-order valence-electron chi connectivity index (χ0n) is 18.4. The van der Waals surface area contributed by atoms with Crippen LogP contribution in [-0.2, 0) is 11.2 Å². The highest BCUT2D eigenvalue weighted by atomic mass is 16.5. The van der Waals surface area contributed by atoms with Crippen LogP contribution in [0.1, 0.15) is 18.4 Å². The van der Waals surface area contributed by atoms with Crippen LogP contribution in [0.2, 0.25) is 0 Å². The molecule has 3 heterocycles. The van der Waals surface area contributed by atoms with Gasteiger partial charge < -0.3 is 24.1 Å². The van der Waals surface area contributed by atoms with Gasteiger partial charge >= 0.3 is 0 Å². The summed E-state index contributed by atoms with van der Waals surface area (Å²) in [5.74, 6) is 2.87. The fourth-order valence-corrected chi connectivity index (χ4v) is 3.96. The Morgan fingerprint density at radius 1 is 1.16 bits per heavy atom. The van der Waals surface area contributed by atoms with Crippen LogP contribution in [0, 0.1) is 5.92 Å². The van der Waals surface area contributed by atoms with Gasteiger partial charge in [0.05, 0.1) is 26.4 Å². The maximum Gasteiger partial charge on any atom is 0.224 e. The number of rotatable bonds is 8. The molecule has 32 heavy (non-hydrogen) atoms. The summed E-state index contributed by atoms with van der Waals surface area (Å²) in [5.41, 5.74) is 1.78. The van der Waals surface area contributed by atoms with Crippen LogP contribution in [0.5, 0.6) is 11.5 Å². The maximum atomic E-state index is 12.8. The van der Waals surface area contributed by atoms with Crippen molar-refractivity contribution in [2.45, 2.75) is 19.3 Å². The van der Waals surface area contributed by atoms with Gasteiger partial charge in [-0.3, -0.25) is 4.79 Å². The monoisotopic (exact) mass is 436 g/mol. The van der Waals surface area contributed by atoms with E-state index in [1.165, 1.54) is 0 Å². The van der Waals surface area contributed by atoms with E-state index in [-0.39, 0.29) is 11.8 Å². The van der Waals surface area contributed by atoms with Crippen LogP contribution in [0.15, 0.2) is 53.1 Å². The predicted molar refractivity (Wildman–Crippen MR) is 121 cm³/mol. The molecule has 0 radical (unpaired) electrons. The minimum atomic E-state index is -0.0688. The number of carbonyl (C=O) groups excluding carboxylic acids is 1. The van der Waals surface area contributed by atoms with Crippen molar-refractivity contribution in [1.82, 2.24) is 15.5 Å². The Labute approximate surface area is 187 Å². The minimum absolute atomic E-state index is 0.0688. The van der Waals surface area contributed by atoms with Gasteiger partial charge in [0.25, 0.3) is 0 Å². The van der Waals surface area contributed by atoms with Crippen molar-refractivity contribution in [3.8, 4) is 23.0 Å². The second kappa shape index (κ2) is 10.2. The Kier molecular flexibility index (Phi) is 6.89. The Bertz CT molecular complexity index is 1020. The lowest BCUT2D eigenvalue weighted by atomic mass is 9.97. The molecular weight excluding hydrogens is 408 g/mol. The lowest BCUT2D eigenvalue weighted by molar-refractivity contribution is -0.125. The lowest BCUT2D eigenvalue weighted by Crippen LogP contribution is -2.43. The van der Waals surface area contributed by atoms with E-state index < -0.39 is 0 Å². The molecule has 1 N–H and O–H groups in total. The third kappa shape index (κ3) is 5.01. The van der Waals surface area contributed by atoms with Gasteiger partial charge in [-0.05, 0) is 61.2 Å². The average molecular weight is 437 g/mol. The molecule has 0 unspecified atom stereocenters. The van der Waals surface area contributed by atoms with Gasteiger partial charge in [0.1, 0.15) is 5.69 Å². The summed E-state index contributed by atoms with van der Waals surface area (Å²) in [6, 6.07) is 13.3. The molecule has 4 rings (SSSR count). The first-order valence-electron chi connectivity index (χ1n) is 10.8. The molecule has 168 valence electrons. The van der Waals surface area contributed by atoms with Crippen molar-refractivity contribution < 1.29 is 18.7 Å². The molecular formula is C24H28N4O4. The summed E-state index contributed by atoms with van der Waals surface area (Å²) in [5, 5.41) is 11.7. The number of hydrogen-bond donors (Lipinski definition) is 1. The summed E-state index contributed by atoms with van der Waals surface area (Å²) in [4.78, 5) is 14.9. The first-order chi connectivity index (χ1) is 15.7. The number of nitrogens with one attached hydrogen (secondary N) is 1. The Morgan fingerprint density at radius 3 is 2.75 bits per heavy atom. The molecule has 1 aromatic carbocycles. The maximum absolute atomic E-state index is 12.8. The van der Waals surface area contributed by atoms with E-state index in [0.717, 1.165) is 37.2 Å². The predicted octanol–water partition coefficient (Wildman–Crippen LogP) is 3.33. The summed E-state index contributed by atoms with van der Waals surface area (Å²) < 4.78 is 16.0. The Morgan fingerprint density at radius 2 is 2.03 bits per heavy atom. The van der Waals surface area contributed by atoms with Crippen molar-refractivity contribution in [3.63, 3.8) is 0 Å². The van der Waals surface area contributed by atoms with E-state index in [1.807, 2.05) is 42.5 Å². The number of benzene rings is 1. The van der Waals surface area contributed by atoms with Crippen LogP contribution in [0.25, 0.3) is 11.5 Å². The second-order valence-corrected chi connectivity index (χ2v) is 7.77. The number of ether oxygens (including phenoxy) is 2. The third-order valence-corrected chi connectivity index (χ3v) is 5.70. The molecule has 1 aliphatic heterocycles. The zero-order chi connectivity index (χ0) is 22.3. The van der Waals surface area contributed by atoms with Gasteiger partial charge in [-0.15, -0.1) is 10.2 Å². The topological polar surface area (TPSA) is 89.7 Å². The van der Waals surface area contributed by atoms with Gasteiger partial charge in [0, 0.05) is 19.6 Å². The van der Waals surface area contributed by atoms with Crippen molar-refractivity contribution in [2.24, 2.45) is 5.92 Å². The number of nitrogens with zero attached hydrogens (tertiary/aromatic N) is 3. The Hall–Kier alpha value is -3.55. The molecule has 1 saturated heterocycles. The van der Waals surface area contributed by atoms with E-state index in [4.69, 9.17) is 13.9 Å². The van der Waals surface area contributed by atoms with Crippen molar-refractivity contribution >= 4 is 11.7 Å². The number of amides is 1. The number of anilines is 1. The second-order valence-electron chi connectivity index (χ2n) is 7.77. The van der Waals surface area contributed by atoms with Gasteiger partial charge in [-0.2, -0.15) is 0 Å². The molecule has 8 nitrogen and oxygen atoms in total. The van der Waals surface area contributed by atoms with Crippen molar-refractivity contribution in [1.29, 1.82) is 0 Å².